The lowest BCUT2D eigenvalue weighted by Crippen LogP contribution is -2.33. The first-order valence-electron chi connectivity index (χ1n) is 11.1. The van der Waals surface area contributed by atoms with Gasteiger partial charge in [-0.25, -0.2) is 4.39 Å². The zero-order valence-corrected chi connectivity index (χ0v) is 18.7. The lowest BCUT2D eigenvalue weighted by Gasteiger charge is -2.19. The Balaban J connectivity index is 1.46. The maximum Gasteiger partial charge on any atom is 0.251 e. The van der Waals surface area contributed by atoms with Crippen LogP contribution in [0.2, 0.25) is 0 Å². The maximum atomic E-state index is 13.4. The van der Waals surface area contributed by atoms with Crippen molar-refractivity contribution in [3.63, 3.8) is 0 Å². The maximum absolute atomic E-state index is 13.4. The summed E-state index contributed by atoms with van der Waals surface area (Å²) in [5.74, 6) is 0.558. The molecular formula is C25H32FN3O3. The number of ether oxygens (including phenoxy) is 1. The molecule has 0 spiro atoms. The Morgan fingerprint density at radius 2 is 1.94 bits per heavy atom. The lowest BCUT2D eigenvalue weighted by atomic mass is 9.94. The van der Waals surface area contributed by atoms with E-state index in [1.54, 1.807) is 25.3 Å². The average molecular weight is 442 g/mol. The predicted octanol–water partition coefficient (Wildman–Crippen LogP) is 3.67. The fourth-order valence-electron chi connectivity index (χ4n) is 4.47. The summed E-state index contributed by atoms with van der Waals surface area (Å²) in [6.45, 7) is 2.79. The SMILES string of the molecule is COc1cc(F)ccc1C(C)NCCC1CCC(c2ccc(C(=O)NCC(N)=O)cc2)C1. The van der Waals surface area contributed by atoms with E-state index >= 15 is 0 Å². The van der Waals surface area contributed by atoms with Crippen LogP contribution < -0.4 is 21.1 Å². The molecule has 1 aliphatic carbocycles. The Morgan fingerprint density at radius 3 is 2.62 bits per heavy atom. The highest BCUT2D eigenvalue weighted by Gasteiger charge is 2.26. The molecule has 172 valence electrons. The van der Waals surface area contributed by atoms with Gasteiger partial charge in [-0.05, 0) is 74.8 Å². The number of hydrogen-bond acceptors (Lipinski definition) is 4. The average Bonchev–Trinajstić information content (AvgIpc) is 3.26. The zero-order valence-electron chi connectivity index (χ0n) is 18.7. The van der Waals surface area contributed by atoms with Crippen molar-refractivity contribution in [1.82, 2.24) is 10.6 Å². The van der Waals surface area contributed by atoms with Gasteiger partial charge in [-0.3, -0.25) is 9.59 Å². The predicted molar refractivity (Wildman–Crippen MR) is 122 cm³/mol. The number of carbonyl (C=O) groups excluding carboxylic acids is 2. The van der Waals surface area contributed by atoms with Gasteiger partial charge in [0.05, 0.1) is 13.7 Å². The summed E-state index contributed by atoms with van der Waals surface area (Å²) < 4.78 is 18.7. The van der Waals surface area contributed by atoms with Gasteiger partial charge in [0.25, 0.3) is 5.91 Å². The monoisotopic (exact) mass is 441 g/mol. The number of carbonyl (C=O) groups is 2. The van der Waals surface area contributed by atoms with Crippen molar-refractivity contribution in [3.8, 4) is 5.75 Å². The minimum atomic E-state index is -0.562. The summed E-state index contributed by atoms with van der Waals surface area (Å²) >= 11 is 0. The van der Waals surface area contributed by atoms with E-state index in [1.807, 2.05) is 12.1 Å². The summed E-state index contributed by atoms with van der Waals surface area (Å²) in [5, 5.41) is 6.04. The molecule has 7 heteroatoms. The topological polar surface area (TPSA) is 93.4 Å². The molecule has 1 fully saturated rings. The molecule has 1 saturated carbocycles. The Hall–Kier alpha value is -2.93. The number of amides is 2. The van der Waals surface area contributed by atoms with Crippen LogP contribution in [0.4, 0.5) is 4.39 Å². The zero-order chi connectivity index (χ0) is 23.1. The molecule has 0 radical (unpaired) electrons. The molecule has 0 saturated heterocycles. The number of methoxy groups -OCH3 is 1. The molecule has 0 aromatic heterocycles. The van der Waals surface area contributed by atoms with E-state index in [4.69, 9.17) is 10.5 Å². The van der Waals surface area contributed by atoms with Crippen LogP contribution in [0.1, 0.15) is 66.1 Å². The van der Waals surface area contributed by atoms with Gasteiger partial charge in [-0.2, -0.15) is 0 Å². The van der Waals surface area contributed by atoms with Gasteiger partial charge in [0, 0.05) is 23.2 Å². The molecule has 3 rings (SSSR count). The second-order valence-corrected chi connectivity index (χ2v) is 8.50. The van der Waals surface area contributed by atoms with E-state index in [1.165, 1.54) is 24.1 Å². The first kappa shape index (κ1) is 23.7. The van der Waals surface area contributed by atoms with E-state index < -0.39 is 5.91 Å². The van der Waals surface area contributed by atoms with E-state index in [0.29, 0.717) is 23.1 Å². The normalized spacial score (nSPS) is 18.8. The van der Waals surface area contributed by atoms with Crippen molar-refractivity contribution in [2.75, 3.05) is 20.2 Å². The molecule has 2 aromatic rings. The molecule has 6 nitrogen and oxygen atoms in total. The number of nitrogens with one attached hydrogen (secondary N) is 2. The Morgan fingerprint density at radius 1 is 1.19 bits per heavy atom. The minimum Gasteiger partial charge on any atom is -0.496 e. The van der Waals surface area contributed by atoms with Crippen molar-refractivity contribution in [1.29, 1.82) is 0 Å². The quantitative estimate of drug-likeness (QED) is 0.524. The van der Waals surface area contributed by atoms with E-state index in [9.17, 15) is 14.0 Å². The summed E-state index contributed by atoms with van der Waals surface area (Å²) in [4.78, 5) is 22.8. The summed E-state index contributed by atoms with van der Waals surface area (Å²) in [6, 6.07) is 12.4. The number of benzene rings is 2. The molecule has 2 aromatic carbocycles. The van der Waals surface area contributed by atoms with Crippen molar-refractivity contribution in [2.45, 2.75) is 44.6 Å². The first-order chi connectivity index (χ1) is 15.4. The van der Waals surface area contributed by atoms with Gasteiger partial charge in [0.15, 0.2) is 0 Å². The molecule has 2 amide bonds. The van der Waals surface area contributed by atoms with E-state index in [-0.39, 0.29) is 24.3 Å². The Kier molecular flexibility index (Phi) is 8.22. The second kappa shape index (κ2) is 11.1. The van der Waals surface area contributed by atoms with Crippen LogP contribution in [-0.2, 0) is 4.79 Å². The Labute approximate surface area is 188 Å². The van der Waals surface area contributed by atoms with Gasteiger partial charge in [-0.1, -0.05) is 18.2 Å². The molecule has 3 atom stereocenters. The highest BCUT2D eigenvalue weighted by atomic mass is 19.1. The highest BCUT2D eigenvalue weighted by molar-refractivity contribution is 5.96. The minimum absolute atomic E-state index is 0.0796. The van der Waals surface area contributed by atoms with Gasteiger partial charge in [0.1, 0.15) is 11.6 Å². The number of primary amides is 1. The van der Waals surface area contributed by atoms with Crippen LogP contribution in [-0.4, -0.2) is 32.0 Å². The summed E-state index contributed by atoms with van der Waals surface area (Å²) in [6.07, 6.45) is 4.53. The molecule has 3 unspecified atom stereocenters. The molecule has 0 aliphatic heterocycles. The van der Waals surface area contributed by atoms with E-state index in [2.05, 4.69) is 17.6 Å². The number of rotatable bonds is 10. The van der Waals surface area contributed by atoms with Gasteiger partial charge >= 0.3 is 0 Å². The van der Waals surface area contributed by atoms with Gasteiger partial charge in [0.2, 0.25) is 5.91 Å². The lowest BCUT2D eigenvalue weighted by molar-refractivity contribution is -0.117. The number of hydrogen-bond donors (Lipinski definition) is 3. The first-order valence-corrected chi connectivity index (χ1v) is 11.1. The van der Waals surface area contributed by atoms with Crippen molar-refractivity contribution in [2.24, 2.45) is 11.7 Å². The highest BCUT2D eigenvalue weighted by Crippen LogP contribution is 2.39. The second-order valence-electron chi connectivity index (χ2n) is 8.50. The van der Waals surface area contributed by atoms with Crippen LogP contribution >= 0.6 is 0 Å². The van der Waals surface area contributed by atoms with Crippen LogP contribution in [0.3, 0.4) is 0 Å². The van der Waals surface area contributed by atoms with Gasteiger partial charge in [-0.15, -0.1) is 0 Å². The van der Waals surface area contributed by atoms with Crippen LogP contribution in [0, 0.1) is 11.7 Å². The summed E-state index contributed by atoms with van der Waals surface area (Å²) in [5.41, 5.74) is 7.79. The van der Waals surface area contributed by atoms with Crippen LogP contribution in [0.5, 0.6) is 5.75 Å². The number of nitrogens with two attached hydrogens (primary N) is 1. The third-order valence-corrected chi connectivity index (χ3v) is 6.27. The van der Waals surface area contributed by atoms with E-state index in [0.717, 1.165) is 31.4 Å². The Bertz CT molecular complexity index is 933. The number of halogens is 1. The van der Waals surface area contributed by atoms with Crippen molar-refractivity contribution < 1.29 is 18.7 Å². The largest absolute Gasteiger partial charge is 0.496 e. The molecule has 32 heavy (non-hydrogen) atoms. The third-order valence-electron chi connectivity index (χ3n) is 6.27. The van der Waals surface area contributed by atoms with Crippen LogP contribution in [0.25, 0.3) is 0 Å². The van der Waals surface area contributed by atoms with Crippen molar-refractivity contribution in [3.05, 3.63) is 65.0 Å². The van der Waals surface area contributed by atoms with Crippen LogP contribution in [0.15, 0.2) is 42.5 Å². The third kappa shape index (κ3) is 6.29. The van der Waals surface area contributed by atoms with Gasteiger partial charge < -0.3 is 21.1 Å². The molecule has 0 bridgehead atoms. The standard InChI is InChI=1S/C25H32FN3O3/c1-16(22-10-9-21(26)14-23(22)32-2)28-12-11-17-3-4-20(13-17)18-5-7-19(8-6-18)25(31)29-15-24(27)30/h5-10,14,16-17,20,28H,3-4,11-13,15H2,1-2H3,(H2,27,30)(H,29,31). The smallest absolute Gasteiger partial charge is 0.251 e. The fourth-order valence-corrected chi connectivity index (χ4v) is 4.47. The molecule has 1 aliphatic rings. The molecule has 0 heterocycles. The summed E-state index contributed by atoms with van der Waals surface area (Å²) in [7, 11) is 1.56. The fraction of sp³-hybridized carbons (Fsp3) is 0.440. The molecular weight excluding hydrogens is 409 g/mol. The van der Waals surface area contributed by atoms with Crippen molar-refractivity contribution >= 4 is 11.8 Å². The molecule has 4 N–H and O–H groups in total.